The summed E-state index contributed by atoms with van der Waals surface area (Å²) in [6.45, 7) is 4.92. The van der Waals surface area contributed by atoms with Gasteiger partial charge < -0.3 is 10.5 Å². The van der Waals surface area contributed by atoms with Crippen LogP contribution in [0.4, 0.5) is 0 Å². The normalized spacial score (nSPS) is 24.8. The molecule has 1 saturated heterocycles. The fourth-order valence-corrected chi connectivity index (χ4v) is 3.46. The van der Waals surface area contributed by atoms with Gasteiger partial charge >= 0.3 is 0 Å². The summed E-state index contributed by atoms with van der Waals surface area (Å²) in [4.78, 5) is 0.263. The molecule has 112 valence electrons. The molecule has 1 fully saturated rings. The van der Waals surface area contributed by atoms with Gasteiger partial charge in [0, 0.05) is 25.1 Å². The van der Waals surface area contributed by atoms with Crippen LogP contribution < -0.4 is 10.5 Å². The molecule has 1 heterocycles. The molecule has 3 unspecified atom stereocenters. The summed E-state index contributed by atoms with van der Waals surface area (Å²) in [7, 11) is -3.49. The third kappa shape index (κ3) is 3.58. The Morgan fingerprint density at radius 3 is 2.85 bits per heavy atom. The summed E-state index contributed by atoms with van der Waals surface area (Å²) in [5.74, 6) is 0.237. The zero-order valence-electron chi connectivity index (χ0n) is 11.9. The number of hydrogen-bond donors (Lipinski definition) is 2. The van der Waals surface area contributed by atoms with Crippen LogP contribution in [0, 0.1) is 5.92 Å². The number of sulfonamides is 1. The largest absolute Gasteiger partial charge is 0.378 e. The predicted molar refractivity (Wildman–Crippen MR) is 77.8 cm³/mol. The quantitative estimate of drug-likeness (QED) is 0.861. The summed E-state index contributed by atoms with van der Waals surface area (Å²) >= 11 is 0. The second-order valence-electron chi connectivity index (χ2n) is 5.34. The molecule has 0 aliphatic carbocycles. The highest BCUT2D eigenvalue weighted by atomic mass is 32.2. The van der Waals surface area contributed by atoms with Gasteiger partial charge in [-0.2, -0.15) is 0 Å². The molecule has 1 aliphatic heterocycles. The van der Waals surface area contributed by atoms with Crippen LogP contribution in [-0.2, 0) is 14.8 Å². The van der Waals surface area contributed by atoms with Gasteiger partial charge in [-0.25, -0.2) is 13.1 Å². The Balaban J connectivity index is 2.08. The van der Waals surface area contributed by atoms with Crippen LogP contribution in [0.25, 0.3) is 0 Å². The Bertz CT molecular complexity index is 557. The molecule has 0 bridgehead atoms. The highest BCUT2D eigenvalue weighted by Crippen LogP contribution is 2.21. The van der Waals surface area contributed by atoms with Crippen molar-refractivity contribution in [2.75, 3.05) is 13.2 Å². The smallest absolute Gasteiger partial charge is 0.240 e. The van der Waals surface area contributed by atoms with Crippen molar-refractivity contribution >= 4 is 10.0 Å². The van der Waals surface area contributed by atoms with E-state index in [1.165, 1.54) is 0 Å². The zero-order chi connectivity index (χ0) is 14.8. The van der Waals surface area contributed by atoms with Crippen molar-refractivity contribution < 1.29 is 13.2 Å². The van der Waals surface area contributed by atoms with Crippen LogP contribution >= 0.6 is 0 Å². The molecule has 3 atom stereocenters. The Kier molecular flexibility index (Phi) is 4.80. The van der Waals surface area contributed by atoms with Gasteiger partial charge in [0.2, 0.25) is 10.0 Å². The van der Waals surface area contributed by atoms with Gasteiger partial charge in [0.1, 0.15) is 0 Å². The van der Waals surface area contributed by atoms with E-state index in [1.54, 1.807) is 18.2 Å². The highest BCUT2D eigenvalue weighted by Gasteiger charge is 2.26. The Morgan fingerprint density at radius 1 is 1.50 bits per heavy atom. The van der Waals surface area contributed by atoms with Crippen LogP contribution in [0.3, 0.4) is 0 Å². The molecule has 6 heteroatoms. The Labute approximate surface area is 120 Å². The lowest BCUT2D eigenvalue weighted by Crippen LogP contribution is -2.32. The summed E-state index contributed by atoms with van der Waals surface area (Å²) in [6, 6.07) is 6.57. The maximum absolute atomic E-state index is 12.3. The first-order valence-corrected chi connectivity index (χ1v) is 8.35. The molecular formula is C14H22N2O3S. The standard InChI is InChI=1S/C14H22N2O3S/c1-10(15)12-4-3-5-14(8-12)20(17,18)16-9-13-6-7-19-11(13)2/h3-5,8,10-11,13,16H,6-7,9,15H2,1-2H3. The fraction of sp³-hybridized carbons (Fsp3) is 0.571. The number of ether oxygens (including phenoxy) is 1. The minimum absolute atomic E-state index is 0.105. The van der Waals surface area contributed by atoms with Crippen molar-refractivity contribution in [2.45, 2.75) is 37.3 Å². The molecule has 0 aromatic heterocycles. The van der Waals surface area contributed by atoms with E-state index < -0.39 is 10.0 Å². The lowest BCUT2D eigenvalue weighted by Gasteiger charge is -2.15. The number of rotatable bonds is 5. The molecular weight excluding hydrogens is 276 g/mol. The molecule has 0 spiro atoms. The van der Waals surface area contributed by atoms with Gasteiger partial charge in [0.15, 0.2) is 0 Å². The molecule has 5 nitrogen and oxygen atoms in total. The lowest BCUT2D eigenvalue weighted by atomic mass is 10.0. The number of nitrogens with one attached hydrogen (secondary N) is 1. The summed E-state index contributed by atoms with van der Waals surface area (Å²) in [6.07, 6.45) is 0.997. The monoisotopic (exact) mass is 298 g/mol. The van der Waals surface area contributed by atoms with E-state index in [0.717, 1.165) is 12.0 Å². The number of nitrogens with two attached hydrogens (primary N) is 1. The van der Waals surface area contributed by atoms with E-state index in [4.69, 9.17) is 10.5 Å². The van der Waals surface area contributed by atoms with Gasteiger partial charge in [-0.1, -0.05) is 12.1 Å². The maximum Gasteiger partial charge on any atom is 0.240 e. The first kappa shape index (κ1) is 15.4. The van der Waals surface area contributed by atoms with Crippen LogP contribution in [0.1, 0.15) is 31.9 Å². The first-order valence-electron chi connectivity index (χ1n) is 6.87. The van der Waals surface area contributed by atoms with E-state index in [9.17, 15) is 8.42 Å². The van der Waals surface area contributed by atoms with E-state index in [2.05, 4.69) is 4.72 Å². The van der Waals surface area contributed by atoms with Gasteiger partial charge in [0.25, 0.3) is 0 Å². The predicted octanol–water partition coefficient (Wildman–Crippen LogP) is 1.41. The van der Waals surface area contributed by atoms with Gasteiger partial charge in [0.05, 0.1) is 11.0 Å². The van der Waals surface area contributed by atoms with E-state index in [1.807, 2.05) is 19.9 Å². The molecule has 1 aromatic carbocycles. The van der Waals surface area contributed by atoms with Gasteiger partial charge in [-0.05, 0) is 38.0 Å². The van der Waals surface area contributed by atoms with Crippen LogP contribution in [0.15, 0.2) is 29.2 Å². The van der Waals surface area contributed by atoms with Crippen LogP contribution in [0.5, 0.6) is 0 Å². The highest BCUT2D eigenvalue weighted by molar-refractivity contribution is 7.89. The van der Waals surface area contributed by atoms with Crippen molar-refractivity contribution in [3.8, 4) is 0 Å². The third-order valence-corrected chi connectivity index (χ3v) is 5.18. The molecule has 0 amide bonds. The molecule has 0 saturated carbocycles. The maximum atomic E-state index is 12.3. The van der Waals surface area contributed by atoms with Gasteiger partial charge in [-0.15, -0.1) is 0 Å². The van der Waals surface area contributed by atoms with Crippen molar-refractivity contribution in [3.63, 3.8) is 0 Å². The summed E-state index contributed by atoms with van der Waals surface area (Å²) in [5, 5.41) is 0. The molecule has 20 heavy (non-hydrogen) atoms. The van der Waals surface area contributed by atoms with Crippen molar-refractivity contribution in [1.29, 1.82) is 0 Å². The van der Waals surface area contributed by atoms with Crippen LogP contribution in [0.2, 0.25) is 0 Å². The molecule has 0 radical (unpaired) electrons. The average molecular weight is 298 g/mol. The molecule has 3 N–H and O–H groups in total. The third-order valence-electron chi connectivity index (χ3n) is 3.76. The first-order chi connectivity index (χ1) is 9.40. The second-order valence-corrected chi connectivity index (χ2v) is 7.10. The van der Waals surface area contributed by atoms with Crippen molar-refractivity contribution in [2.24, 2.45) is 11.7 Å². The lowest BCUT2D eigenvalue weighted by molar-refractivity contribution is 0.107. The van der Waals surface area contributed by atoms with Crippen LogP contribution in [-0.4, -0.2) is 27.7 Å². The Morgan fingerprint density at radius 2 is 2.25 bits per heavy atom. The molecule has 1 aromatic rings. The zero-order valence-corrected chi connectivity index (χ0v) is 12.7. The van der Waals surface area contributed by atoms with E-state index in [0.29, 0.717) is 13.2 Å². The number of hydrogen-bond acceptors (Lipinski definition) is 4. The van der Waals surface area contributed by atoms with Crippen molar-refractivity contribution in [1.82, 2.24) is 4.72 Å². The summed E-state index contributed by atoms with van der Waals surface area (Å²) < 4.78 is 32.7. The number of benzene rings is 1. The minimum Gasteiger partial charge on any atom is -0.378 e. The fourth-order valence-electron chi connectivity index (χ4n) is 2.31. The Hall–Kier alpha value is -0.950. The van der Waals surface area contributed by atoms with Gasteiger partial charge in [-0.3, -0.25) is 0 Å². The SMILES string of the molecule is CC(N)c1cccc(S(=O)(=O)NCC2CCOC2C)c1. The van der Waals surface area contributed by atoms with Crippen molar-refractivity contribution in [3.05, 3.63) is 29.8 Å². The van der Waals surface area contributed by atoms with E-state index >= 15 is 0 Å². The molecule has 1 aliphatic rings. The second kappa shape index (κ2) is 6.22. The summed E-state index contributed by atoms with van der Waals surface area (Å²) in [5.41, 5.74) is 6.60. The topological polar surface area (TPSA) is 81.4 Å². The minimum atomic E-state index is -3.49. The molecule has 2 rings (SSSR count). The average Bonchev–Trinajstić information content (AvgIpc) is 2.82. The van der Waals surface area contributed by atoms with E-state index in [-0.39, 0.29) is 23.0 Å².